The van der Waals surface area contributed by atoms with Crippen molar-refractivity contribution in [3.63, 3.8) is 0 Å². The molecule has 2 N–H and O–H groups in total. The Morgan fingerprint density at radius 2 is 1.57 bits per heavy atom. The van der Waals surface area contributed by atoms with Gasteiger partial charge in [-0.3, -0.25) is 9.59 Å². The van der Waals surface area contributed by atoms with Crippen LogP contribution in [0, 0.1) is 23.2 Å². The largest absolute Gasteiger partial charge is 0.490 e. The normalized spacial score (nSPS) is 33.4. The lowest BCUT2D eigenvalue weighted by Gasteiger charge is -2.55. The highest BCUT2D eigenvalue weighted by molar-refractivity contribution is 5.84. The molecule has 162 valence electrons. The number of nitrogens with one attached hydrogen (secondary N) is 1. The number of rotatable bonds is 7. The smallest absolute Gasteiger partial charge is 0.305 e. The third-order valence-electron chi connectivity index (χ3n) is 8.09. The molecule has 0 spiro atoms. The van der Waals surface area contributed by atoms with Gasteiger partial charge in [0.25, 0.3) is 0 Å². The van der Waals surface area contributed by atoms with Crippen molar-refractivity contribution in [2.45, 2.75) is 82.8 Å². The minimum absolute atomic E-state index is 0.0825. The fourth-order valence-electron chi connectivity index (χ4n) is 7.10. The number of carboxylic acids is 1. The standard InChI is InChI=1S/C25H33NO4/c27-23(28)12-22(19-5-7-21(8-6-19)30-20-3-1-2-4-20)26-24(29)25-13-16-9-17(14-25)11-18(10-16)15-25/h5-8,16-18,20,22H,1-4,9-15H2,(H,26,29)(H,27,28)/t16?,17?,18?,22-,25?/m0/s1. The molecule has 1 aromatic carbocycles. The minimum Gasteiger partial charge on any atom is -0.490 e. The molecule has 4 bridgehead atoms. The molecule has 1 atom stereocenters. The van der Waals surface area contributed by atoms with Gasteiger partial charge in [0.15, 0.2) is 0 Å². The van der Waals surface area contributed by atoms with E-state index < -0.39 is 12.0 Å². The molecule has 0 heterocycles. The van der Waals surface area contributed by atoms with Crippen LogP contribution in [0.25, 0.3) is 0 Å². The summed E-state index contributed by atoms with van der Waals surface area (Å²) in [6.07, 6.45) is 11.7. The molecule has 5 nitrogen and oxygen atoms in total. The van der Waals surface area contributed by atoms with Crippen LogP contribution >= 0.6 is 0 Å². The van der Waals surface area contributed by atoms with Crippen molar-refractivity contribution < 1.29 is 19.4 Å². The molecular weight excluding hydrogens is 378 g/mol. The average Bonchev–Trinajstić information content (AvgIpc) is 3.20. The Hall–Kier alpha value is -2.04. The molecule has 0 radical (unpaired) electrons. The zero-order chi connectivity index (χ0) is 20.7. The summed E-state index contributed by atoms with van der Waals surface area (Å²) < 4.78 is 6.03. The van der Waals surface area contributed by atoms with Gasteiger partial charge in [-0.15, -0.1) is 0 Å². The maximum atomic E-state index is 13.4. The van der Waals surface area contributed by atoms with E-state index in [1.54, 1.807) is 0 Å². The van der Waals surface area contributed by atoms with Crippen LogP contribution in [0.2, 0.25) is 0 Å². The Kier molecular flexibility index (Phi) is 5.24. The fourth-order valence-corrected chi connectivity index (χ4v) is 7.10. The Morgan fingerprint density at radius 3 is 2.10 bits per heavy atom. The summed E-state index contributed by atoms with van der Waals surface area (Å²) in [7, 11) is 0. The molecule has 0 unspecified atom stereocenters. The van der Waals surface area contributed by atoms with Gasteiger partial charge >= 0.3 is 5.97 Å². The lowest BCUT2D eigenvalue weighted by atomic mass is 9.49. The minimum atomic E-state index is -0.892. The first-order chi connectivity index (χ1) is 14.5. The van der Waals surface area contributed by atoms with Crippen molar-refractivity contribution in [1.29, 1.82) is 0 Å². The van der Waals surface area contributed by atoms with Crippen LogP contribution in [0.15, 0.2) is 24.3 Å². The van der Waals surface area contributed by atoms with E-state index in [0.717, 1.165) is 43.4 Å². The van der Waals surface area contributed by atoms with Gasteiger partial charge in [0.05, 0.1) is 18.6 Å². The molecule has 6 rings (SSSR count). The van der Waals surface area contributed by atoms with Crippen LogP contribution in [-0.2, 0) is 9.59 Å². The molecule has 1 amide bonds. The van der Waals surface area contributed by atoms with E-state index >= 15 is 0 Å². The van der Waals surface area contributed by atoms with E-state index in [-0.39, 0.29) is 17.7 Å². The highest BCUT2D eigenvalue weighted by Crippen LogP contribution is 2.60. The second-order valence-corrected chi connectivity index (χ2v) is 10.4. The SMILES string of the molecule is O=C(O)C[C@H](NC(=O)C12CC3CC(CC(C3)C1)C2)c1ccc(OC2CCCC2)cc1. The van der Waals surface area contributed by atoms with E-state index in [1.165, 1.54) is 32.1 Å². The van der Waals surface area contributed by atoms with Crippen LogP contribution in [0.3, 0.4) is 0 Å². The predicted octanol–water partition coefficient (Wildman–Crippen LogP) is 4.86. The lowest BCUT2D eigenvalue weighted by Crippen LogP contribution is -2.54. The lowest BCUT2D eigenvalue weighted by molar-refractivity contribution is -0.147. The number of carboxylic acid groups (broad SMARTS) is 1. The molecule has 0 aromatic heterocycles. The van der Waals surface area contributed by atoms with Gasteiger partial charge in [-0.1, -0.05) is 12.1 Å². The number of carbonyl (C=O) groups excluding carboxylic acids is 1. The highest BCUT2D eigenvalue weighted by Gasteiger charge is 2.54. The fraction of sp³-hybridized carbons (Fsp3) is 0.680. The number of ether oxygens (including phenoxy) is 1. The number of hydrogen-bond donors (Lipinski definition) is 2. The zero-order valence-corrected chi connectivity index (χ0v) is 17.6. The van der Waals surface area contributed by atoms with Gasteiger partial charge in [-0.25, -0.2) is 0 Å². The predicted molar refractivity (Wildman–Crippen MR) is 113 cm³/mol. The van der Waals surface area contributed by atoms with E-state index in [0.29, 0.717) is 23.9 Å². The molecule has 30 heavy (non-hydrogen) atoms. The molecule has 1 aromatic rings. The number of hydrogen-bond acceptors (Lipinski definition) is 3. The van der Waals surface area contributed by atoms with Crippen molar-refractivity contribution in [2.24, 2.45) is 23.2 Å². The van der Waals surface area contributed by atoms with Crippen LogP contribution in [-0.4, -0.2) is 23.1 Å². The van der Waals surface area contributed by atoms with Crippen LogP contribution < -0.4 is 10.1 Å². The van der Waals surface area contributed by atoms with Gasteiger partial charge in [-0.05, 0) is 99.7 Å². The second kappa shape index (κ2) is 7.90. The quantitative estimate of drug-likeness (QED) is 0.672. The van der Waals surface area contributed by atoms with Crippen molar-refractivity contribution >= 4 is 11.9 Å². The van der Waals surface area contributed by atoms with Gasteiger partial charge in [-0.2, -0.15) is 0 Å². The van der Waals surface area contributed by atoms with Crippen LogP contribution in [0.5, 0.6) is 5.75 Å². The highest BCUT2D eigenvalue weighted by atomic mass is 16.5. The van der Waals surface area contributed by atoms with Gasteiger partial charge in [0, 0.05) is 5.41 Å². The van der Waals surface area contributed by atoms with Crippen LogP contribution in [0.4, 0.5) is 0 Å². The maximum absolute atomic E-state index is 13.4. The Bertz CT molecular complexity index is 761. The summed E-state index contributed by atoms with van der Waals surface area (Å²) in [5.41, 5.74) is 0.575. The summed E-state index contributed by atoms with van der Waals surface area (Å²) in [4.78, 5) is 25.0. The average molecular weight is 412 g/mol. The number of amides is 1. The molecule has 5 fully saturated rings. The molecule has 5 heteroatoms. The molecule has 0 saturated heterocycles. The third kappa shape index (κ3) is 3.95. The molecule has 5 aliphatic carbocycles. The molecular formula is C25H33NO4. The molecule has 0 aliphatic heterocycles. The summed E-state index contributed by atoms with van der Waals surface area (Å²) in [6, 6.07) is 7.16. The molecule has 5 aliphatic rings. The summed E-state index contributed by atoms with van der Waals surface area (Å²) in [5, 5.41) is 12.6. The summed E-state index contributed by atoms with van der Waals surface area (Å²) in [5.74, 6) is 2.08. The maximum Gasteiger partial charge on any atom is 0.305 e. The Labute approximate surface area is 178 Å². The summed E-state index contributed by atoms with van der Waals surface area (Å²) in [6.45, 7) is 0. The van der Waals surface area contributed by atoms with Crippen molar-refractivity contribution in [1.82, 2.24) is 5.32 Å². The Morgan fingerprint density at radius 1 is 1.00 bits per heavy atom. The monoisotopic (exact) mass is 411 g/mol. The van der Waals surface area contributed by atoms with Gasteiger partial charge in [0.1, 0.15) is 5.75 Å². The summed E-state index contributed by atoms with van der Waals surface area (Å²) >= 11 is 0. The number of benzene rings is 1. The van der Waals surface area contributed by atoms with Crippen molar-refractivity contribution in [2.75, 3.05) is 0 Å². The van der Waals surface area contributed by atoms with E-state index in [2.05, 4.69) is 5.32 Å². The van der Waals surface area contributed by atoms with E-state index in [4.69, 9.17) is 4.74 Å². The third-order valence-corrected chi connectivity index (χ3v) is 8.09. The van der Waals surface area contributed by atoms with E-state index in [9.17, 15) is 14.7 Å². The van der Waals surface area contributed by atoms with Gasteiger partial charge < -0.3 is 15.2 Å². The van der Waals surface area contributed by atoms with E-state index in [1.807, 2.05) is 24.3 Å². The van der Waals surface area contributed by atoms with Crippen LogP contribution in [0.1, 0.15) is 82.2 Å². The van der Waals surface area contributed by atoms with Crippen molar-refractivity contribution in [3.05, 3.63) is 29.8 Å². The first-order valence-corrected chi connectivity index (χ1v) is 11.8. The topological polar surface area (TPSA) is 75.6 Å². The number of carbonyl (C=O) groups is 2. The first kappa shape index (κ1) is 19.9. The Balaban J connectivity index is 1.29. The van der Waals surface area contributed by atoms with Crippen molar-refractivity contribution in [3.8, 4) is 5.75 Å². The van der Waals surface area contributed by atoms with Gasteiger partial charge in [0.2, 0.25) is 5.91 Å². The number of aliphatic carboxylic acids is 1. The first-order valence-electron chi connectivity index (χ1n) is 11.8. The second-order valence-electron chi connectivity index (χ2n) is 10.4. The zero-order valence-electron chi connectivity index (χ0n) is 17.6. The molecule has 5 saturated carbocycles.